The van der Waals surface area contributed by atoms with Crippen LogP contribution in [0, 0.1) is 10.1 Å². The summed E-state index contributed by atoms with van der Waals surface area (Å²) in [6.07, 6.45) is 6.12. The quantitative estimate of drug-likeness (QED) is 0.109. The number of aromatic hydroxyl groups is 2. The van der Waals surface area contributed by atoms with Crippen molar-refractivity contribution in [1.82, 2.24) is 5.43 Å². The molecule has 3 aromatic rings. The molecule has 1 amide bonds. The van der Waals surface area contributed by atoms with E-state index >= 15 is 0 Å². The highest BCUT2D eigenvalue weighted by Crippen LogP contribution is 2.26. The summed E-state index contributed by atoms with van der Waals surface area (Å²) in [6.45, 7) is 0. The number of methoxy groups -OCH3 is 1. The maximum absolute atomic E-state index is 12.7. The van der Waals surface area contributed by atoms with Gasteiger partial charge < -0.3 is 14.9 Å². The van der Waals surface area contributed by atoms with Gasteiger partial charge in [-0.05, 0) is 59.7 Å². The number of phenols is 2. The Labute approximate surface area is 222 Å². The van der Waals surface area contributed by atoms with E-state index in [2.05, 4.69) is 10.5 Å². The van der Waals surface area contributed by atoms with Crippen molar-refractivity contribution < 1.29 is 34.3 Å². The summed E-state index contributed by atoms with van der Waals surface area (Å²) in [7, 11) is 1.40. The van der Waals surface area contributed by atoms with Crippen molar-refractivity contribution >= 4 is 41.5 Å². The average molecular weight is 530 g/mol. The molecule has 0 unspecified atom stereocenters. The largest absolute Gasteiger partial charge is 0.507 e. The molecule has 39 heavy (non-hydrogen) atoms. The Balaban J connectivity index is 1.81. The number of aldehydes is 1. The second-order valence-corrected chi connectivity index (χ2v) is 8.03. The van der Waals surface area contributed by atoms with Gasteiger partial charge in [-0.2, -0.15) is 5.10 Å². The first-order valence-corrected chi connectivity index (χ1v) is 11.4. The lowest BCUT2D eigenvalue weighted by molar-refractivity contribution is -0.384. The number of nitro groups is 1. The van der Waals surface area contributed by atoms with Crippen LogP contribution in [0.25, 0.3) is 12.2 Å². The van der Waals surface area contributed by atoms with Gasteiger partial charge in [-0.25, -0.2) is 5.43 Å². The molecule has 0 fully saturated rings. The van der Waals surface area contributed by atoms with Crippen LogP contribution in [-0.2, 0) is 4.79 Å². The molecule has 0 heterocycles. The number of hydrogen-bond donors (Lipinski definition) is 3. The first-order valence-electron chi connectivity index (χ1n) is 11.4. The Morgan fingerprint density at radius 1 is 0.974 bits per heavy atom. The molecule has 11 nitrogen and oxygen atoms in total. The van der Waals surface area contributed by atoms with E-state index in [0.717, 1.165) is 0 Å². The van der Waals surface area contributed by atoms with E-state index < -0.39 is 10.8 Å². The van der Waals surface area contributed by atoms with Gasteiger partial charge in [-0.1, -0.05) is 24.3 Å². The highest BCUT2D eigenvalue weighted by atomic mass is 16.6. The van der Waals surface area contributed by atoms with Gasteiger partial charge >= 0.3 is 0 Å². The number of hydrazone groups is 1. The second-order valence-electron chi connectivity index (χ2n) is 8.03. The van der Waals surface area contributed by atoms with Gasteiger partial charge in [-0.15, -0.1) is 0 Å². The van der Waals surface area contributed by atoms with Crippen LogP contribution in [0.15, 0.2) is 77.9 Å². The molecule has 0 aliphatic rings. The molecule has 0 aliphatic heterocycles. The van der Waals surface area contributed by atoms with E-state index in [9.17, 15) is 34.7 Å². The lowest BCUT2D eigenvalue weighted by Crippen LogP contribution is -2.20. The van der Waals surface area contributed by atoms with E-state index in [4.69, 9.17) is 4.74 Å². The fourth-order valence-corrected chi connectivity index (χ4v) is 3.25. The number of ketones is 1. The SMILES string of the molecule is COc1cc(/C=C/C(CC(=O)/C=C/c2ccc(O)c(C=O)c2)=N\NC(=O)c2ccc([N+](=O)[O-])cc2)ccc1O. The van der Waals surface area contributed by atoms with Gasteiger partial charge in [0.1, 0.15) is 5.75 Å². The summed E-state index contributed by atoms with van der Waals surface area (Å²) < 4.78 is 5.09. The van der Waals surface area contributed by atoms with Crippen LogP contribution < -0.4 is 10.2 Å². The summed E-state index contributed by atoms with van der Waals surface area (Å²) in [5.74, 6) is -1.01. The van der Waals surface area contributed by atoms with E-state index in [1.807, 2.05) is 0 Å². The minimum absolute atomic E-state index is 0.0498. The topological polar surface area (TPSA) is 168 Å². The number of allylic oxidation sites excluding steroid dienone is 2. The summed E-state index contributed by atoms with van der Waals surface area (Å²) in [4.78, 5) is 46.4. The molecule has 0 spiro atoms. The predicted octanol–water partition coefficient (Wildman–Crippen LogP) is 4.30. The smallest absolute Gasteiger partial charge is 0.271 e. The second kappa shape index (κ2) is 13.1. The molecule has 198 valence electrons. The van der Waals surface area contributed by atoms with Crippen LogP contribution in [0.2, 0.25) is 0 Å². The van der Waals surface area contributed by atoms with Gasteiger partial charge in [-0.3, -0.25) is 24.5 Å². The number of non-ortho nitro benzene ring substituents is 1. The normalized spacial score (nSPS) is 11.5. The number of rotatable bonds is 11. The van der Waals surface area contributed by atoms with E-state index in [0.29, 0.717) is 17.4 Å². The van der Waals surface area contributed by atoms with Crippen LogP contribution in [-0.4, -0.2) is 45.9 Å². The molecular formula is C28H23N3O8. The van der Waals surface area contributed by atoms with Crippen molar-refractivity contribution in [3.05, 3.63) is 105 Å². The molecule has 0 saturated heterocycles. The number of amides is 1. The number of hydrogen-bond acceptors (Lipinski definition) is 9. The molecule has 3 aromatic carbocycles. The molecule has 0 radical (unpaired) electrons. The van der Waals surface area contributed by atoms with Crippen LogP contribution in [0.3, 0.4) is 0 Å². The third kappa shape index (κ3) is 7.95. The number of carbonyl (C=O) groups is 3. The summed E-state index contributed by atoms with van der Waals surface area (Å²) in [6, 6.07) is 13.8. The number of carbonyl (C=O) groups excluding carboxylic acids is 3. The Bertz CT molecular complexity index is 1490. The van der Waals surface area contributed by atoms with Crippen LogP contribution in [0.1, 0.15) is 38.3 Å². The summed E-state index contributed by atoms with van der Waals surface area (Å²) >= 11 is 0. The van der Waals surface area contributed by atoms with Crippen molar-refractivity contribution in [3.63, 3.8) is 0 Å². The number of ether oxygens (including phenoxy) is 1. The Kier molecular flexibility index (Phi) is 9.41. The first kappa shape index (κ1) is 28.0. The molecule has 3 rings (SSSR count). The van der Waals surface area contributed by atoms with Crippen molar-refractivity contribution in [2.75, 3.05) is 7.11 Å². The summed E-state index contributed by atoms with van der Waals surface area (Å²) in [5, 5.41) is 34.3. The molecular weight excluding hydrogens is 506 g/mol. The molecule has 0 aromatic heterocycles. The third-order valence-electron chi connectivity index (χ3n) is 5.31. The van der Waals surface area contributed by atoms with Crippen molar-refractivity contribution in [2.24, 2.45) is 5.10 Å². The molecule has 0 aliphatic carbocycles. The van der Waals surface area contributed by atoms with Gasteiger partial charge in [0.15, 0.2) is 23.6 Å². The van der Waals surface area contributed by atoms with E-state index in [1.54, 1.807) is 18.2 Å². The van der Waals surface area contributed by atoms with Gasteiger partial charge in [0.25, 0.3) is 11.6 Å². The Morgan fingerprint density at radius 3 is 2.26 bits per heavy atom. The van der Waals surface area contributed by atoms with Crippen LogP contribution >= 0.6 is 0 Å². The van der Waals surface area contributed by atoms with Crippen LogP contribution in [0.5, 0.6) is 17.2 Å². The number of nitrogens with one attached hydrogen (secondary N) is 1. The Hall–Kier alpha value is -5.58. The minimum atomic E-state index is -0.643. The van der Waals surface area contributed by atoms with E-state index in [1.165, 1.54) is 73.9 Å². The fourth-order valence-electron chi connectivity index (χ4n) is 3.25. The number of phenolic OH excluding ortho intramolecular Hbond substituents is 2. The predicted molar refractivity (Wildman–Crippen MR) is 144 cm³/mol. The van der Waals surface area contributed by atoms with Crippen LogP contribution in [0.4, 0.5) is 5.69 Å². The molecule has 0 bridgehead atoms. The molecule has 3 N–H and O–H groups in total. The number of nitrogens with zero attached hydrogens (tertiary/aromatic N) is 2. The van der Waals surface area contributed by atoms with Gasteiger partial charge in [0.05, 0.1) is 29.7 Å². The monoisotopic (exact) mass is 529 g/mol. The highest BCUT2D eigenvalue weighted by Gasteiger charge is 2.10. The lowest BCUT2D eigenvalue weighted by atomic mass is 10.1. The summed E-state index contributed by atoms with van der Waals surface area (Å²) in [5.41, 5.74) is 3.67. The van der Waals surface area contributed by atoms with Gasteiger partial charge in [0, 0.05) is 17.7 Å². The first-order chi connectivity index (χ1) is 18.7. The number of benzene rings is 3. The number of nitro benzene ring substituents is 1. The van der Waals surface area contributed by atoms with Crippen molar-refractivity contribution in [3.8, 4) is 17.2 Å². The molecule has 0 saturated carbocycles. The fraction of sp³-hybridized carbons (Fsp3) is 0.0714. The third-order valence-corrected chi connectivity index (χ3v) is 5.31. The molecule has 11 heteroatoms. The van der Waals surface area contributed by atoms with Gasteiger partial charge in [0.2, 0.25) is 0 Å². The molecule has 0 atom stereocenters. The standard InChI is InChI=1S/C28H23N3O8/c1-39-27-15-19(5-13-26(27)35)2-8-22(29-30-28(36)20-6-9-23(10-7-20)31(37)38)16-24(33)11-3-18-4-12-25(34)21(14-18)17-32/h2-15,17,34-35H,16H2,1H3,(H,30,36)/b8-2+,11-3+,29-22+. The lowest BCUT2D eigenvalue weighted by Gasteiger charge is -2.05. The maximum atomic E-state index is 12.7. The zero-order valence-electron chi connectivity index (χ0n) is 20.6. The zero-order valence-corrected chi connectivity index (χ0v) is 20.6. The van der Waals surface area contributed by atoms with E-state index in [-0.39, 0.29) is 52.0 Å². The van der Waals surface area contributed by atoms with Crippen molar-refractivity contribution in [2.45, 2.75) is 6.42 Å². The average Bonchev–Trinajstić information content (AvgIpc) is 2.94. The van der Waals surface area contributed by atoms with Crippen molar-refractivity contribution in [1.29, 1.82) is 0 Å². The zero-order chi connectivity index (χ0) is 28.4. The minimum Gasteiger partial charge on any atom is -0.507 e. The Morgan fingerprint density at radius 2 is 1.62 bits per heavy atom. The highest BCUT2D eigenvalue weighted by molar-refractivity contribution is 6.13. The maximum Gasteiger partial charge on any atom is 0.271 e.